The molecule has 0 fully saturated rings. The van der Waals surface area contributed by atoms with Gasteiger partial charge in [-0.2, -0.15) is 16.8 Å². The van der Waals surface area contributed by atoms with Gasteiger partial charge in [-0.05, 0) is 109 Å². The Morgan fingerprint density at radius 2 is 0.759 bits per heavy atom. The molecular formula is C33H26N4O13S4. The number of fused-ring (bicyclic) bond motifs is 2. The first-order valence-corrected chi connectivity index (χ1v) is 20.9. The minimum Gasteiger partial charge on any atom is -0.507 e. The zero-order chi connectivity index (χ0) is 39.2. The van der Waals surface area contributed by atoms with E-state index in [2.05, 4.69) is 20.1 Å². The molecule has 0 radical (unpaired) electrons. The van der Waals surface area contributed by atoms with Crippen molar-refractivity contribution in [3.63, 3.8) is 0 Å². The van der Waals surface area contributed by atoms with Gasteiger partial charge in [-0.25, -0.2) is 21.6 Å². The fraction of sp³-hybridized carbons (Fsp3) is 0. The standard InChI is InChI=1S/C33H26N4O13S4/c38-29-13-15-31(53(45,46)47)27-17-21(5-11-25(27)29)36-51(41,42)23-7-1-19(2-8-23)34-33(40)35-20-3-9-24(10-4-20)52(43,44)37-22-6-12-26-28(18-22)32(54(48,49)50)16-14-30(26)39/h1-18,36-39H,(H2,34,35,40)(H,45,46,47)(H,48,49,50). The highest BCUT2D eigenvalue weighted by atomic mass is 32.2. The fourth-order valence-electron chi connectivity index (χ4n) is 5.34. The quantitative estimate of drug-likeness (QED) is 0.0833. The van der Waals surface area contributed by atoms with E-state index in [9.17, 15) is 57.8 Å². The molecule has 6 rings (SSSR count). The van der Waals surface area contributed by atoms with E-state index in [0.717, 1.165) is 36.4 Å². The molecule has 8 N–H and O–H groups in total. The smallest absolute Gasteiger partial charge is 0.323 e. The molecule has 21 heteroatoms. The topological polar surface area (TPSA) is 283 Å². The second-order valence-corrected chi connectivity index (χ2v) is 17.6. The van der Waals surface area contributed by atoms with E-state index in [1.54, 1.807) is 0 Å². The van der Waals surface area contributed by atoms with E-state index >= 15 is 0 Å². The summed E-state index contributed by atoms with van der Waals surface area (Å²) in [6.45, 7) is 0. The molecule has 0 atom stereocenters. The van der Waals surface area contributed by atoms with Crippen molar-refractivity contribution in [2.45, 2.75) is 19.6 Å². The number of sulfonamides is 2. The third-order valence-electron chi connectivity index (χ3n) is 7.81. The van der Waals surface area contributed by atoms with Crippen LogP contribution in [0, 0.1) is 0 Å². The SMILES string of the molecule is O=C(Nc1ccc(S(=O)(=O)Nc2ccc3c(O)ccc(S(=O)(=O)O)c3c2)cc1)Nc1ccc(S(=O)(=O)Nc2ccc3c(O)ccc(S(=O)(=O)O)c3c2)cc1. The lowest BCUT2D eigenvalue weighted by atomic mass is 10.1. The Bertz CT molecular complexity index is 2740. The molecule has 17 nitrogen and oxygen atoms in total. The predicted octanol–water partition coefficient (Wildman–Crippen LogP) is 5.14. The maximum atomic E-state index is 13.1. The van der Waals surface area contributed by atoms with Gasteiger partial charge in [-0.3, -0.25) is 18.5 Å². The third-order valence-corrected chi connectivity index (χ3v) is 12.4. The average Bonchev–Trinajstić information content (AvgIpc) is 3.07. The summed E-state index contributed by atoms with van der Waals surface area (Å²) < 4.78 is 123. The molecule has 0 aliphatic rings. The van der Waals surface area contributed by atoms with Crippen molar-refractivity contribution in [2.75, 3.05) is 20.1 Å². The highest BCUT2D eigenvalue weighted by Gasteiger charge is 2.21. The summed E-state index contributed by atoms with van der Waals surface area (Å²) in [4.78, 5) is 11.1. The number of urea groups is 1. The van der Waals surface area contributed by atoms with Gasteiger partial charge in [-0.1, -0.05) is 0 Å². The molecule has 0 aromatic heterocycles. The van der Waals surface area contributed by atoms with Crippen molar-refractivity contribution < 1.29 is 57.8 Å². The summed E-state index contributed by atoms with van der Waals surface area (Å²) in [6.07, 6.45) is 0. The summed E-state index contributed by atoms with van der Waals surface area (Å²) in [5.41, 5.74) is 0.209. The summed E-state index contributed by atoms with van der Waals surface area (Å²) >= 11 is 0. The Balaban J connectivity index is 1.10. The van der Waals surface area contributed by atoms with E-state index in [-0.39, 0.29) is 65.6 Å². The molecule has 0 heterocycles. The molecule has 6 aromatic rings. The van der Waals surface area contributed by atoms with Crippen molar-refractivity contribution in [3.8, 4) is 11.5 Å². The van der Waals surface area contributed by atoms with Crippen LogP contribution in [0.15, 0.2) is 129 Å². The Labute approximate surface area is 307 Å². The number of phenols is 2. The number of carbonyl (C=O) groups excluding carboxylic acids is 1. The van der Waals surface area contributed by atoms with E-state index in [4.69, 9.17) is 0 Å². The van der Waals surface area contributed by atoms with Crippen LogP contribution in [0.5, 0.6) is 11.5 Å². The zero-order valence-electron chi connectivity index (χ0n) is 27.0. The minimum atomic E-state index is -4.70. The molecule has 0 spiro atoms. The number of carbonyl (C=O) groups is 1. The van der Waals surface area contributed by atoms with Crippen molar-refractivity contribution >= 4 is 90.6 Å². The van der Waals surface area contributed by atoms with Gasteiger partial charge in [0.15, 0.2) is 0 Å². The second kappa shape index (κ2) is 13.8. The number of nitrogens with one attached hydrogen (secondary N) is 4. The Morgan fingerprint density at radius 1 is 0.426 bits per heavy atom. The summed E-state index contributed by atoms with van der Waals surface area (Å²) in [7, 11) is -17.9. The Hall–Kier alpha value is -5.97. The predicted molar refractivity (Wildman–Crippen MR) is 198 cm³/mol. The van der Waals surface area contributed by atoms with Crippen molar-refractivity contribution in [1.82, 2.24) is 0 Å². The number of hydrogen-bond donors (Lipinski definition) is 8. The monoisotopic (exact) mass is 814 g/mol. The Kier molecular flexibility index (Phi) is 9.64. The third kappa shape index (κ3) is 8.00. The van der Waals surface area contributed by atoms with Crippen molar-refractivity contribution in [3.05, 3.63) is 109 Å². The lowest BCUT2D eigenvalue weighted by molar-refractivity contribution is 0.262. The van der Waals surface area contributed by atoms with Crippen LogP contribution in [-0.2, 0) is 40.3 Å². The summed E-state index contributed by atoms with van der Waals surface area (Å²) in [5.74, 6) is -0.582. The number of phenolic OH excluding ortho intramolecular Hbond substituents is 2. The van der Waals surface area contributed by atoms with Crippen molar-refractivity contribution in [1.29, 1.82) is 0 Å². The average molecular weight is 815 g/mol. The highest BCUT2D eigenvalue weighted by Crippen LogP contribution is 2.34. The van der Waals surface area contributed by atoms with Crippen LogP contribution in [0.1, 0.15) is 0 Å². The largest absolute Gasteiger partial charge is 0.507 e. The zero-order valence-corrected chi connectivity index (χ0v) is 30.3. The second-order valence-electron chi connectivity index (χ2n) is 11.5. The van der Waals surface area contributed by atoms with Crippen LogP contribution in [0.4, 0.5) is 27.5 Å². The van der Waals surface area contributed by atoms with Crippen LogP contribution in [-0.4, -0.2) is 59.0 Å². The van der Waals surface area contributed by atoms with Crippen molar-refractivity contribution in [2.24, 2.45) is 0 Å². The van der Waals surface area contributed by atoms with Gasteiger partial charge in [0.25, 0.3) is 40.3 Å². The number of aromatic hydroxyl groups is 2. The van der Waals surface area contributed by atoms with Crippen LogP contribution in [0.25, 0.3) is 21.5 Å². The molecule has 0 unspecified atom stereocenters. The van der Waals surface area contributed by atoms with Gasteiger partial charge in [0.05, 0.1) is 9.79 Å². The fourth-order valence-corrected chi connectivity index (χ4v) is 8.82. The lowest BCUT2D eigenvalue weighted by Gasteiger charge is -2.12. The molecule has 0 saturated carbocycles. The first kappa shape index (κ1) is 37.8. The van der Waals surface area contributed by atoms with Gasteiger partial charge in [0.1, 0.15) is 21.3 Å². The maximum absolute atomic E-state index is 13.1. The van der Waals surface area contributed by atoms with Gasteiger partial charge in [-0.15, -0.1) is 0 Å². The molecule has 0 aliphatic heterocycles. The number of rotatable bonds is 10. The van der Waals surface area contributed by atoms with Gasteiger partial charge < -0.3 is 20.8 Å². The van der Waals surface area contributed by atoms with E-state index in [0.29, 0.717) is 0 Å². The molecular weight excluding hydrogens is 789 g/mol. The van der Waals surface area contributed by atoms with Crippen LogP contribution in [0.2, 0.25) is 0 Å². The number of anilines is 4. The van der Waals surface area contributed by atoms with Crippen LogP contribution in [0.3, 0.4) is 0 Å². The van der Waals surface area contributed by atoms with Gasteiger partial charge >= 0.3 is 6.03 Å². The summed E-state index contributed by atoms with van der Waals surface area (Å²) in [6, 6.07) is 20.6. The normalized spacial score (nSPS) is 12.3. The Morgan fingerprint density at radius 3 is 1.09 bits per heavy atom. The maximum Gasteiger partial charge on any atom is 0.323 e. The molecule has 0 bridgehead atoms. The lowest BCUT2D eigenvalue weighted by Crippen LogP contribution is -2.20. The van der Waals surface area contributed by atoms with Crippen LogP contribution < -0.4 is 20.1 Å². The molecule has 2 amide bonds. The first-order valence-electron chi connectivity index (χ1n) is 15.0. The molecule has 0 aliphatic carbocycles. The molecule has 6 aromatic carbocycles. The van der Waals surface area contributed by atoms with Gasteiger partial charge in [0, 0.05) is 44.3 Å². The number of benzene rings is 6. The molecule has 0 saturated heterocycles. The molecule has 54 heavy (non-hydrogen) atoms. The van der Waals surface area contributed by atoms with E-state index < -0.39 is 56.1 Å². The summed E-state index contributed by atoms with van der Waals surface area (Å²) in [5, 5.41) is 25.0. The molecule has 280 valence electrons. The number of amides is 2. The first-order chi connectivity index (χ1) is 25.2. The highest BCUT2D eigenvalue weighted by molar-refractivity contribution is 7.93. The van der Waals surface area contributed by atoms with Crippen LogP contribution >= 0.6 is 0 Å². The van der Waals surface area contributed by atoms with E-state index in [1.165, 1.54) is 72.8 Å². The van der Waals surface area contributed by atoms with E-state index in [1.807, 2.05) is 0 Å². The van der Waals surface area contributed by atoms with Gasteiger partial charge in [0.2, 0.25) is 0 Å². The minimum absolute atomic E-state index is 0.0565. The number of hydrogen-bond acceptors (Lipinski definition) is 11.